The Balaban J connectivity index is 2.05. The van der Waals surface area contributed by atoms with Crippen LogP contribution in [0.4, 0.5) is 5.95 Å². The Hall–Kier alpha value is -2.32. The molecule has 0 aliphatic carbocycles. The summed E-state index contributed by atoms with van der Waals surface area (Å²) in [6, 6.07) is 11.9. The molecule has 0 aliphatic heterocycles. The van der Waals surface area contributed by atoms with Gasteiger partial charge in [-0.15, -0.1) is 11.3 Å². The molecule has 0 fully saturated rings. The third-order valence-corrected chi connectivity index (χ3v) is 4.50. The first kappa shape index (κ1) is 12.7. The fourth-order valence-corrected chi connectivity index (χ4v) is 3.18. The lowest BCUT2D eigenvalue weighted by Gasteiger charge is -2.04. The van der Waals surface area contributed by atoms with E-state index in [1.54, 1.807) is 17.4 Å². The van der Waals surface area contributed by atoms with Crippen molar-refractivity contribution in [1.29, 1.82) is 5.26 Å². The Morgan fingerprint density at radius 2 is 2.10 bits per heavy atom. The van der Waals surface area contributed by atoms with Crippen LogP contribution in [-0.2, 0) is 13.0 Å². The second kappa shape index (κ2) is 4.99. The van der Waals surface area contributed by atoms with E-state index in [-0.39, 0.29) is 0 Å². The molecule has 100 valence electrons. The Bertz CT molecular complexity index is 807. The summed E-state index contributed by atoms with van der Waals surface area (Å²) < 4.78 is 1.96. The second-order valence-electron chi connectivity index (χ2n) is 4.59. The molecule has 0 saturated heterocycles. The van der Waals surface area contributed by atoms with Gasteiger partial charge in [-0.25, -0.2) is 4.98 Å². The maximum Gasteiger partial charge on any atom is 0.201 e. The van der Waals surface area contributed by atoms with Crippen LogP contribution in [0.1, 0.15) is 22.2 Å². The first-order valence-electron chi connectivity index (χ1n) is 6.44. The van der Waals surface area contributed by atoms with Crippen LogP contribution in [0.5, 0.6) is 0 Å². The monoisotopic (exact) mass is 282 g/mol. The predicted octanol–water partition coefficient (Wildman–Crippen LogP) is 3.16. The number of rotatable bonds is 3. The van der Waals surface area contributed by atoms with Gasteiger partial charge in [-0.1, -0.05) is 6.92 Å². The molecule has 1 aromatic carbocycles. The molecule has 0 bridgehead atoms. The van der Waals surface area contributed by atoms with Gasteiger partial charge in [-0.05, 0) is 36.8 Å². The van der Waals surface area contributed by atoms with Crippen molar-refractivity contribution in [2.24, 2.45) is 0 Å². The van der Waals surface area contributed by atoms with Crippen molar-refractivity contribution in [2.75, 3.05) is 5.73 Å². The Morgan fingerprint density at radius 3 is 2.80 bits per heavy atom. The van der Waals surface area contributed by atoms with E-state index in [1.807, 2.05) is 16.7 Å². The number of nitrogen functional groups attached to an aromatic ring is 1. The van der Waals surface area contributed by atoms with Crippen molar-refractivity contribution in [1.82, 2.24) is 9.55 Å². The van der Waals surface area contributed by atoms with Gasteiger partial charge in [0.1, 0.15) is 0 Å². The number of anilines is 1. The molecule has 4 nitrogen and oxygen atoms in total. The molecule has 20 heavy (non-hydrogen) atoms. The molecular formula is C15H14N4S. The summed E-state index contributed by atoms with van der Waals surface area (Å²) in [4.78, 5) is 6.95. The summed E-state index contributed by atoms with van der Waals surface area (Å²) in [5.41, 5.74) is 8.37. The number of nitriles is 1. The summed E-state index contributed by atoms with van der Waals surface area (Å²) in [6.45, 7) is 2.84. The Morgan fingerprint density at radius 1 is 1.30 bits per heavy atom. The number of nitrogens with zero attached hydrogens (tertiary/aromatic N) is 3. The molecule has 3 aromatic rings. The lowest BCUT2D eigenvalue weighted by atomic mass is 10.2. The number of aromatic nitrogens is 2. The van der Waals surface area contributed by atoms with E-state index in [9.17, 15) is 0 Å². The van der Waals surface area contributed by atoms with Crippen molar-refractivity contribution >= 4 is 28.3 Å². The minimum Gasteiger partial charge on any atom is -0.369 e. The average Bonchev–Trinajstić information content (AvgIpc) is 3.04. The van der Waals surface area contributed by atoms with E-state index in [0.717, 1.165) is 17.5 Å². The second-order valence-corrected chi connectivity index (χ2v) is 5.85. The smallest absolute Gasteiger partial charge is 0.201 e. The molecule has 5 heteroatoms. The zero-order valence-corrected chi connectivity index (χ0v) is 11.9. The van der Waals surface area contributed by atoms with Gasteiger partial charge in [0, 0.05) is 9.75 Å². The van der Waals surface area contributed by atoms with Gasteiger partial charge in [0.25, 0.3) is 0 Å². The van der Waals surface area contributed by atoms with Crippen LogP contribution in [-0.4, -0.2) is 9.55 Å². The Labute approximate surface area is 121 Å². The number of fused-ring (bicyclic) bond motifs is 1. The number of imidazole rings is 1. The lowest BCUT2D eigenvalue weighted by molar-refractivity contribution is 0.853. The van der Waals surface area contributed by atoms with Gasteiger partial charge in [-0.2, -0.15) is 5.26 Å². The molecule has 0 amide bonds. The molecule has 0 saturated carbocycles. The van der Waals surface area contributed by atoms with Crippen LogP contribution < -0.4 is 5.73 Å². The summed E-state index contributed by atoms with van der Waals surface area (Å²) in [6.07, 6.45) is 1.05. The number of benzene rings is 1. The molecule has 2 aromatic heterocycles. The third kappa shape index (κ3) is 2.15. The minimum absolute atomic E-state index is 0.488. The summed E-state index contributed by atoms with van der Waals surface area (Å²) in [5, 5.41) is 9.01. The normalized spacial score (nSPS) is 10.8. The number of nitrogens with two attached hydrogens (primary N) is 1. The summed E-state index contributed by atoms with van der Waals surface area (Å²) >= 11 is 1.79. The number of aryl methyl sites for hydroxylation is 1. The van der Waals surface area contributed by atoms with E-state index in [4.69, 9.17) is 11.0 Å². The van der Waals surface area contributed by atoms with Crippen LogP contribution in [0.25, 0.3) is 11.0 Å². The van der Waals surface area contributed by atoms with Gasteiger partial charge in [0.2, 0.25) is 5.95 Å². The van der Waals surface area contributed by atoms with Gasteiger partial charge in [0.15, 0.2) is 0 Å². The van der Waals surface area contributed by atoms with E-state index < -0.39 is 0 Å². The highest BCUT2D eigenvalue weighted by Gasteiger charge is 2.10. The summed E-state index contributed by atoms with van der Waals surface area (Å²) in [5.74, 6) is 0.488. The highest BCUT2D eigenvalue weighted by atomic mass is 32.1. The molecule has 0 radical (unpaired) electrons. The van der Waals surface area contributed by atoms with Gasteiger partial charge in [-0.3, -0.25) is 0 Å². The molecule has 0 spiro atoms. The van der Waals surface area contributed by atoms with Gasteiger partial charge in [0.05, 0.1) is 29.2 Å². The molecule has 2 heterocycles. The average molecular weight is 282 g/mol. The first-order chi connectivity index (χ1) is 9.71. The number of hydrogen-bond acceptors (Lipinski definition) is 4. The number of thiophene rings is 1. The summed E-state index contributed by atoms with van der Waals surface area (Å²) in [7, 11) is 0. The van der Waals surface area contributed by atoms with Crippen LogP contribution in [0.15, 0.2) is 30.3 Å². The molecule has 3 rings (SSSR count). The van der Waals surface area contributed by atoms with E-state index in [2.05, 4.69) is 30.1 Å². The van der Waals surface area contributed by atoms with Crippen LogP contribution in [0, 0.1) is 11.3 Å². The van der Waals surface area contributed by atoms with Crippen LogP contribution in [0.2, 0.25) is 0 Å². The van der Waals surface area contributed by atoms with E-state index in [1.165, 1.54) is 9.75 Å². The number of hydrogen-bond donors (Lipinski definition) is 1. The lowest BCUT2D eigenvalue weighted by Crippen LogP contribution is -2.03. The fourth-order valence-electron chi connectivity index (χ4n) is 2.23. The van der Waals surface area contributed by atoms with Crippen LogP contribution >= 0.6 is 11.3 Å². The van der Waals surface area contributed by atoms with Gasteiger partial charge >= 0.3 is 0 Å². The standard InChI is InChI=1S/C15H14N4S/c1-2-11-4-5-12(20-11)9-19-14-7-10(8-16)3-6-13(14)18-15(19)17/h3-7H,2,9H2,1H3,(H2,17,18). The maximum atomic E-state index is 9.01. The molecule has 0 aliphatic rings. The Kier molecular flexibility index (Phi) is 3.17. The van der Waals surface area contributed by atoms with Gasteiger partial charge < -0.3 is 10.3 Å². The van der Waals surface area contributed by atoms with Crippen molar-refractivity contribution in [3.8, 4) is 6.07 Å². The molecule has 0 atom stereocenters. The highest BCUT2D eigenvalue weighted by Crippen LogP contribution is 2.24. The van der Waals surface area contributed by atoms with E-state index >= 15 is 0 Å². The molecule has 0 unspecified atom stereocenters. The van der Waals surface area contributed by atoms with Crippen LogP contribution in [0.3, 0.4) is 0 Å². The highest BCUT2D eigenvalue weighted by molar-refractivity contribution is 7.11. The quantitative estimate of drug-likeness (QED) is 0.802. The predicted molar refractivity (Wildman–Crippen MR) is 81.7 cm³/mol. The maximum absolute atomic E-state index is 9.01. The van der Waals surface area contributed by atoms with E-state index in [0.29, 0.717) is 18.1 Å². The largest absolute Gasteiger partial charge is 0.369 e. The molecular weight excluding hydrogens is 268 g/mol. The topological polar surface area (TPSA) is 67.6 Å². The SMILES string of the molecule is CCc1ccc(Cn2c(N)nc3ccc(C#N)cc32)s1. The van der Waals surface area contributed by atoms with Crippen molar-refractivity contribution < 1.29 is 0 Å². The zero-order chi connectivity index (χ0) is 14.1. The first-order valence-corrected chi connectivity index (χ1v) is 7.26. The fraction of sp³-hybridized carbons (Fsp3) is 0.200. The van der Waals surface area contributed by atoms with Crippen molar-refractivity contribution in [2.45, 2.75) is 19.9 Å². The van der Waals surface area contributed by atoms with Crippen molar-refractivity contribution in [3.05, 3.63) is 45.6 Å². The minimum atomic E-state index is 0.488. The molecule has 2 N–H and O–H groups in total. The zero-order valence-electron chi connectivity index (χ0n) is 11.1. The van der Waals surface area contributed by atoms with Crippen molar-refractivity contribution in [3.63, 3.8) is 0 Å². The third-order valence-electron chi connectivity index (χ3n) is 3.29.